The molecule has 218 valence electrons. The molecule has 0 aliphatic carbocycles. The summed E-state index contributed by atoms with van der Waals surface area (Å²) in [6.45, 7) is 0. The fourth-order valence-corrected chi connectivity index (χ4v) is 7.68. The van der Waals surface area contributed by atoms with E-state index in [0.717, 1.165) is 16.6 Å². The first-order valence-electron chi connectivity index (χ1n) is 16.2. The SMILES string of the molecule is c1ccc2cc(-c3c4ccccc4c(-c4ccc5cc(-c6cccc7oc8ccccc8c67)ccc5c4)c4ccccc34)ccc2c1. The maximum absolute atomic E-state index is 6.19. The van der Waals surface area contributed by atoms with Crippen molar-refractivity contribution >= 4 is 65.0 Å². The monoisotopic (exact) mass is 596 g/mol. The van der Waals surface area contributed by atoms with E-state index in [1.54, 1.807) is 0 Å². The molecular weight excluding hydrogens is 569 g/mol. The van der Waals surface area contributed by atoms with Gasteiger partial charge in [-0.15, -0.1) is 0 Å². The van der Waals surface area contributed by atoms with E-state index in [4.69, 9.17) is 4.42 Å². The number of furan rings is 1. The minimum atomic E-state index is 0.921. The lowest BCUT2D eigenvalue weighted by molar-refractivity contribution is 0.669. The molecule has 1 aromatic heterocycles. The summed E-state index contributed by atoms with van der Waals surface area (Å²) in [4.78, 5) is 0. The maximum Gasteiger partial charge on any atom is 0.136 e. The Balaban J connectivity index is 1.17. The van der Waals surface area contributed by atoms with Crippen LogP contribution in [0.25, 0.3) is 98.4 Å². The Morgan fingerprint density at radius 1 is 0.298 bits per heavy atom. The van der Waals surface area contributed by atoms with Gasteiger partial charge in [-0.2, -0.15) is 0 Å². The van der Waals surface area contributed by atoms with E-state index in [1.165, 1.54) is 81.9 Å². The van der Waals surface area contributed by atoms with E-state index in [1.807, 2.05) is 12.1 Å². The van der Waals surface area contributed by atoms with E-state index in [2.05, 4.69) is 158 Å². The molecule has 0 spiro atoms. The lowest BCUT2D eigenvalue weighted by atomic mass is 9.85. The van der Waals surface area contributed by atoms with Crippen LogP contribution < -0.4 is 0 Å². The Morgan fingerprint density at radius 3 is 1.38 bits per heavy atom. The molecule has 1 heteroatoms. The van der Waals surface area contributed by atoms with Crippen molar-refractivity contribution in [3.8, 4) is 33.4 Å². The lowest BCUT2D eigenvalue weighted by Crippen LogP contribution is -1.91. The normalized spacial score (nSPS) is 11.8. The van der Waals surface area contributed by atoms with Crippen LogP contribution in [0.1, 0.15) is 0 Å². The van der Waals surface area contributed by atoms with Gasteiger partial charge in [0.25, 0.3) is 0 Å². The summed E-state index contributed by atoms with van der Waals surface area (Å²) in [5.41, 5.74) is 9.27. The van der Waals surface area contributed by atoms with E-state index in [9.17, 15) is 0 Å². The Morgan fingerprint density at radius 2 is 0.745 bits per heavy atom. The Labute approximate surface area is 271 Å². The van der Waals surface area contributed by atoms with Crippen molar-refractivity contribution in [1.82, 2.24) is 0 Å². The summed E-state index contributed by atoms with van der Waals surface area (Å²) in [6, 6.07) is 61.7. The van der Waals surface area contributed by atoms with Crippen LogP contribution in [0.15, 0.2) is 174 Å². The van der Waals surface area contributed by atoms with Gasteiger partial charge in [0.05, 0.1) is 0 Å². The van der Waals surface area contributed by atoms with Crippen LogP contribution >= 0.6 is 0 Å². The second-order valence-electron chi connectivity index (χ2n) is 12.5. The Kier molecular flexibility index (Phi) is 5.64. The van der Waals surface area contributed by atoms with Crippen molar-refractivity contribution in [3.05, 3.63) is 170 Å². The van der Waals surface area contributed by atoms with Crippen molar-refractivity contribution in [2.45, 2.75) is 0 Å². The van der Waals surface area contributed by atoms with Crippen LogP contribution in [-0.2, 0) is 0 Å². The molecule has 0 N–H and O–H groups in total. The van der Waals surface area contributed by atoms with Gasteiger partial charge in [-0.3, -0.25) is 0 Å². The van der Waals surface area contributed by atoms with Gasteiger partial charge in [-0.05, 0) is 107 Å². The van der Waals surface area contributed by atoms with Crippen LogP contribution in [0.2, 0.25) is 0 Å². The third-order valence-corrected chi connectivity index (χ3v) is 9.81. The summed E-state index contributed by atoms with van der Waals surface area (Å²) < 4.78 is 6.19. The number of fused-ring (bicyclic) bond motifs is 7. The predicted molar refractivity (Wildman–Crippen MR) is 200 cm³/mol. The first kappa shape index (κ1) is 26.1. The average molecular weight is 597 g/mol. The van der Waals surface area contributed by atoms with Gasteiger partial charge in [0, 0.05) is 10.8 Å². The van der Waals surface area contributed by atoms with Crippen molar-refractivity contribution in [2.24, 2.45) is 0 Å². The molecule has 0 atom stereocenters. The highest BCUT2D eigenvalue weighted by molar-refractivity contribution is 6.22. The molecule has 0 saturated heterocycles. The van der Waals surface area contributed by atoms with Gasteiger partial charge in [-0.1, -0.05) is 140 Å². The predicted octanol–water partition coefficient (Wildman–Crippen LogP) is 13.2. The van der Waals surface area contributed by atoms with Gasteiger partial charge >= 0.3 is 0 Å². The molecule has 10 aromatic rings. The highest BCUT2D eigenvalue weighted by atomic mass is 16.3. The fraction of sp³-hybridized carbons (Fsp3) is 0. The average Bonchev–Trinajstić information content (AvgIpc) is 3.52. The highest BCUT2D eigenvalue weighted by Gasteiger charge is 2.17. The number of rotatable bonds is 3. The topological polar surface area (TPSA) is 13.1 Å². The second-order valence-corrected chi connectivity index (χ2v) is 12.5. The van der Waals surface area contributed by atoms with E-state index >= 15 is 0 Å². The van der Waals surface area contributed by atoms with Crippen LogP contribution in [0, 0.1) is 0 Å². The molecule has 0 fully saturated rings. The third kappa shape index (κ3) is 4.03. The van der Waals surface area contributed by atoms with E-state index < -0.39 is 0 Å². The molecule has 10 rings (SSSR count). The Bertz CT molecular complexity index is 2800. The van der Waals surface area contributed by atoms with Gasteiger partial charge < -0.3 is 4.42 Å². The minimum Gasteiger partial charge on any atom is -0.456 e. The number of benzene rings is 9. The molecule has 1 nitrogen and oxygen atoms in total. The summed E-state index contributed by atoms with van der Waals surface area (Å²) in [6.07, 6.45) is 0. The summed E-state index contributed by atoms with van der Waals surface area (Å²) in [5, 5.41) is 12.4. The van der Waals surface area contributed by atoms with Crippen LogP contribution in [0.5, 0.6) is 0 Å². The zero-order valence-corrected chi connectivity index (χ0v) is 25.6. The minimum absolute atomic E-state index is 0.921. The number of hydrogen-bond donors (Lipinski definition) is 0. The van der Waals surface area contributed by atoms with Crippen molar-refractivity contribution in [2.75, 3.05) is 0 Å². The van der Waals surface area contributed by atoms with Crippen LogP contribution in [-0.4, -0.2) is 0 Å². The highest BCUT2D eigenvalue weighted by Crippen LogP contribution is 2.45. The van der Waals surface area contributed by atoms with E-state index in [-0.39, 0.29) is 0 Å². The molecule has 0 amide bonds. The first-order chi connectivity index (χ1) is 23.3. The molecule has 0 radical (unpaired) electrons. The molecular formula is C46H28O. The van der Waals surface area contributed by atoms with Crippen molar-refractivity contribution < 1.29 is 4.42 Å². The van der Waals surface area contributed by atoms with Gasteiger partial charge in [0.15, 0.2) is 0 Å². The van der Waals surface area contributed by atoms with Crippen LogP contribution in [0.3, 0.4) is 0 Å². The fourth-order valence-electron chi connectivity index (χ4n) is 7.68. The van der Waals surface area contributed by atoms with Gasteiger partial charge in [-0.25, -0.2) is 0 Å². The molecule has 9 aromatic carbocycles. The smallest absolute Gasteiger partial charge is 0.136 e. The molecule has 47 heavy (non-hydrogen) atoms. The standard InChI is InChI=1S/C46H28O/c1-2-11-30-27-34(24-20-29(30)10-1)44-37-12-3-5-14-39(37)45(40-15-6-4-13-38(40)44)35-25-22-31-26-33(23-21-32(31)28-35)36-17-9-19-43-46(36)41-16-7-8-18-42(41)47-43/h1-28H. The largest absolute Gasteiger partial charge is 0.456 e. The number of hydrogen-bond acceptors (Lipinski definition) is 1. The molecule has 0 aliphatic heterocycles. The summed E-state index contributed by atoms with van der Waals surface area (Å²) in [5.74, 6) is 0. The third-order valence-electron chi connectivity index (χ3n) is 9.81. The zero-order valence-electron chi connectivity index (χ0n) is 25.6. The van der Waals surface area contributed by atoms with Gasteiger partial charge in [0.2, 0.25) is 0 Å². The molecule has 0 bridgehead atoms. The quantitative estimate of drug-likeness (QED) is 0.185. The molecule has 0 unspecified atom stereocenters. The zero-order chi connectivity index (χ0) is 30.9. The number of para-hydroxylation sites is 1. The second kappa shape index (κ2) is 10.2. The van der Waals surface area contributed by atoms with Crippen molar-refractivity contribution in [3.63, 3.8) is 0 Å². The molecule has 0 saturated carbocycles. The lowest BCUT2D eigenvalue weighted by Gasteiger charge is -2.18. The van der Waals surface area contributed by atoms with Crippen LogP contribution in [0.4, 0.5) is 0 Å². The maximum atomic E-state index is 6.19. The summed E-state index contributed by atoms with van der Waals surface area (Å²) in [7, 11) is 0. The molecule has 1 heterocycles. The summed E-state index contributed by atoms with van der Waals surface area (Å²) >= 11 is 0. The van der Waals surface area contributed by atoms with E-state index in [0.29, 0.717) is 0 Å². The molecule has 0 aliphatic rings. The van der Waals surface area contributed by atoms with Gasteiger partial charge in [0.1, 0.15) is 11.2 Å². The first-order valence-corrected chi connectivity index (χ1v) is 16.2. The Hall–Kier alpha value is -6.18. The van der Waals surface area contributed by atoms with Crippen molar-refractivity contribution in [1.29, 1.82) is 0 Å².